The summed E-state index contributed by atoms with van der Waals surface area (Å²) in [6, 6.07) is 1.72. The molecule has 3 rings (SSSR count). The number of anilines is 1. The minimum Gasteiger partial charge on any atom is -0.382 e. The smallest absolute Gasteiger partial charge is 0.244 e. The van der Waals surface area contributed by atoms with E-state index in [0.717, 1.165) is 13.1 Å². The molecule has 1 amide bonds. The van der Waals surface area contributed by atoms with Crippen LogP contribution in [0.1, 0.15) is 44.9 Å². The number of nitrogens with zero attached hydrogens (tertiary/aromatic N) is 3. The maximum absolute atomic E-state index is 12.3. The van der Waals surface area contributed by atoms with Gasteiger partial charge in [-0.2, -0.15) is 5.10 Å². The number of likely N-dealkylation sites (tertiary alicyclic amines) is 1. The molecule has 2 aliphatic rings. The Balaban J connectivity index is 1.53. The molecule has 0 atom stereocenters. The number of nitrogens with two attached hydrogens (primary N) is 1. The second-order valence-corrected chi connectivity index (χ2v) is 6.38. The van der Waals surface area contributed by atoms with E-state index in [9.17, 15) is 4.79 Å². The van der Waals surface area contributed by atoms with Crippen LogP contribution >= 0.6 is 0 Å². The van der Waals surface area contributed by atoms with Gasteiger partial charge in [0.15, 0.2) is 0 Å². The Labute approximate surface area is 120 Å². The first kappa shape index (κ1) is 13.5. The standard InChI is InChI=1S/C15H24N4O/c16-13-4-9-19(17-13)12-14(20)18-10-7-15(8-11-18)5-2-1-3-6-15/h4,9H,1-3,5-8,10-12H2,(H2,16,17). The molecule has 0 radical (unpaired) electrons. The summed E-state index contributed by atoms with van der Waals surface area (Å²) >= 11 is 0. The molecule has 2 heterocycles. The van der Waals surface area contributed by atoms with Gasteiger partial charge in [0.05, 0.1) is 0 Å². The summed E-state index contributed by atoms with van der Waals surface area (Å²) in [6.45, 7) is 2.13. The van der Waals surface area contributed by atoms with Gasteiger partial charge in [0.1, 0.15) is 12.4 Å². The average molecular weight is 276 g/mol. The number of carbonyl (C=O) groups is 1. The van der Waals surface area contributed by atoms with Crippen LogP contribution in [0.4, 0.5) is 5.82 Å². The molecule has 2 N–H and O–H groups in total. The van der Waals surface area contributed by atoms with Crippen LogP contribution in [0, 0.1) is 5.41 Å². The van der Waals surface area contributed by atoms with Crippen LogP contribution in [0.3, 0.4) is 0 Å². The molecule has 110 valence electrons. The number of amides is 1. The zero-order valence-corrected chi connectivity index (χ0v) is 12.1. The van der Waals surface area contributed by atoms with Gasteiger partial charge in [-0.15, -0.1) is 0 Å². The lowest BCUT2D eigenvalue weighted by Crippen LogP contribution is -2.45. The highest BCUT2D eigenvalue weighted by molar-refractivity contribution is 5.76. The second-order valence-electron chi connectivity index (χ2n) is 6.38. The van der Waals surface area contributed by atoms with Crippen LogP contribution in [-0.2, 0) is 11.3 Å². The summed E-state index contributed by atoms with van der Waals surface area (Å²) in [7, 11) is 0. The monoisotopic (exact) mass is 276 g/mol. The van der Waals surface area contributed by atoms with Crippen LogP contribution < -0.4 is 5.73 Å². The van der Waals surface area contributed by atoms with Crippen LogP contribution in [0.25, 0.3) is 0 Å². The first-order valence-electron chi connectivity index (χ1n) is 7.74. The van der Waals surface area contributed by atoms with E-state index in [1.807, 2.05) is 4.90 Å². The number of hydrogen-bond donors (Lipinski definition) is 1. The van der Waals surface area contributed by atoms with E-state index >= 15 is 0 Å². The first-order chi connectivity index (χ1) is 9.67. The third kappa shape index (κ3) is 2.81. The van der Waals surface area contributed by atoms with Crippen molar-refractivity contribution in [3.05, 3.63) is 12.3 Å². The van der Waals surface area contributed by atoms with Gasteiger partial charge in [-0.05, 0) is 37.2 Å². The molecule has 1 saturated heterocycles. The fraction of sp³-hybridized carbons (Fsp3) is 0.733. The van der Waals surface area contributed by atoms with Crippen LogP contribution in [0.15, 0.2) is 12.3 Å². The van der Waals surface area contributed by atoms with Crippen LogP contribution in [0.2, 0.25) is 0 Å². The minimum absolute atomic E-state index is 0.166. The summed E-state index contributed by atoms with van der Waals surface area (Å²) in [6.07, 6.45) is 11.0. The molecule has 20 heavy (non-hydrogen) atoms. The van der Waals surface area contributed by atoms with Gasteiger partial charge in [0, 0.05) is 19.3 Å². The van der Waals surface area contributed by atoms with E-state index in [-0.39, 0.29) is 5.91 Å². The van der Waals surface area contributed by atoms with Gasteiger partial charge in [0.2, 0.25) is 5.91 Å². The molecule has 1 aromatic heterocycles. The van der Waals surface area contributed by atoms with Crippen molar-refractivity contribution in [2.24, 2.45) is 5.41 Å². The molecule has 0 aromatic carbocycles. The van der Waals surface area contributed by atoms with Crippen molar-refractivity contribution in [3.8, 4) is 0 Å². The third-order valence-corrected chi connectivity index (χ3v) is 5.05. The number of aromatic nitrogens is 2. The molecule has 1 spiro atoms. The van der Waals surface area contributed by atoms with Gasteiger partial charge in [-0.3, -0.25) is 9.48 Å². The van der Waals surface area contributed by atoms with Crippen molar-refractivity contribution in [2.75, 3.05) is 18.8 Å². The number of nitrogen functional groups attached to an aromatic ring is 1. The molecular weight excluding hydrogens is 252 g/mol. The van der Waals surface area contributed by atoms with Gasteiger partial charge >= 0.3 is 0 Å². The Kier molecular flexibility index (Phi) is 3.68. The average Bonchev–Trinajstić information content (AvgIpc) is 2.86. The Morgan fingerprint density at radius 1 is 1.20 bits per heavy atom. The fourth-order valence-electron chi connectivity index (χ4n) is 3.74. The predicted molar refractivity (Wildman–Crippen MR) is 78.0 cm³/mol. The van der Waals surface area contributed by atoms with E-state index in [4.69, 9.17) is 5.73 Å². The molecule has 5 nitrogen and oxygen atoms in total. The van der Waals surface area contributed by atoms with Crippen molar-refractivity contribution < 1.29 is 4.79 Å². The van der Waals surface area contributed by atoms with Crippen LogP contribution in [0.5, 0.6) is 0 Å². The minimum atomic E-state index is 0.166. The molecule has 1 aliphatic heterocycles. The summed E-state index contributed by atoms with van der Waals surface area (Å²) < 4.78 is 1.63. The highest BCUT2D eigenvalue weighted by atomic mass is 16.2. The summed E-state index contributed by atoms with van der Waals surface area (Å²) in [5.74, 6) is 0.636. The Morgan fingerprint density at radius 2 is 1.90 bits per heavy atom. The molecule has 0 bridgehead atoms. The quantitative estimate of drug-likeness (QED) is 0.899. The molecule has 2 fully saturated rings. The van der Waals surface area contributed by atoms with Gasteiger partial charge < -0.3 is 10.6 Å². The number of carbonyl (C=O) groups excluding carboxylic acids is 1. The van der Waals surface area contributed by atoms with E-state index in [1.54, 1.807) is 16.9 Å². The highest BCUT2D eigenvalue weighted by Gasteiger charge is 2.36. The summed E-state index contributed by atoms with van der Waals surface area (Å²) in [5, 5.41) is 4.08. The van der Waals surface area contributed by atoms with E-state index in [0.29, 0.717) is 17.8 Å². The topological polar surface area (TPSA) is 64.2 Å². The first-order valence-corrected chi connectivity index (χ1v) is 7.74. The number of rotatable bonds is 2. The molecule has 5 heteroatoms. The fourth-order valence-corrected chi connectivity index (χ4v) is 3.74. The van der Waals surface area contributed by atoms with Crippen molar-refractivity contribution in [1.82, 2.24) is 14.7 Å². The van der Waals surface area contributed by atoms with Crippen molar-refractivity contribution in [3.63, 3.8) is 0 Å². The molecular formula is C15H24N4O. The van der Waals surface area contributed by atoms with Crippen LogP contribution in [-0.4, -0.2) is 33.7 Å². The highest BCUT2D eigenvalue weighted by Crippen LogP contribution is 2.44. The molecule has 1 aliphatic carbocycles. The Hall–Kier alpha value is -1.52. The van der Waals surface area contributed by atoms with E-state index in [1.165, 1.54) is 44.9 Å². The Bertz CT molecular complexity index is 466. The van der Waals surface area contributed by atoms with Gasteiger partial charge in [-0.25, -0.2) is 0 Å². The third-order valence-electron chi connectivity index (χ3n) is 5.05. The zero-order valence-electron chi connectivity index (χ0n) is 12.1. The van der Waals surface area contributed by atoms with Crippen molar-refractivity contribution in [1.29, 1.82) is 0 Å². The second kappa shape index (κ2) is 5.46. The lowest BCUT2D eigenvalue weighted by Gasteiger charge is -2.44. The van der Waals surface area contributed by atoms with Gasteiger partial charge in [-0.1, -0.05) is 19.3 Å². The SMILES string of the molecule is Nc1ccn(CC(=O)N2CCC3(CCCCC3)CC2)n1. The van der Waals surface area contributed by atoms with E-state index < -0.39 is 0 Å². The summed E-state index contributed by atoms with van der Waals surface area (Å²) in [4.78, 5) is 14.3. The van der Waals surface area contributed by atoms with Gasteiger partial charge in [0.25, 0.3) is 0 Å². The molecule has 1 aromatic rings. The molecule has 1 saturated carbocycles. The zero-order chi connectivity index (χ0) is 14.0. The maximum atomic E-state index is 12.3. The number of hydrogen-bond acceptors (Lipinski definition) is 3. The lowest BCUT2D eigenvalue weighted by atomic mass is 9.68. The number of piperidine rings is 1. The maximum Gasteiger partial charge on any atom is 0.244 e. The predicted octanol–water partition coefficient (Wildman–Crippen LogP) is 2.04. The van der Waals surface area contributed by atoms with Crippen molar-refractivity contribution >= 4 is 11.7 Å². The van der Waals surface area contributed by atoms with E-state index in [2.05, 4.69) is 5.10 Å². The summed E-state index contributed by atoms with van der Waals surface area (Å²) in [5.41, 5.74) is 6.12. The Morgan fingerprint density at radius 3 is 2.50 bits per heavy atom. The lowest BCUT2D eigenvalue weighted by molar-refractivity contribution is -0.134. The molecule has 0 unspecified atom stereocenters. The largest absolute Gasteiger partial charge is 0.382 e. The normalized spacial score (nSPS) is 22.1. The van der Waals surface area contributed by atoms with Crippen molar-refractivity contribution in [2.45, 2.75) is 51.5 Å².